The van der Waals surface area contributed by atoms with Gasteiger partial charge in [0, 0.05) is 17.8 Å². The lowest BCUT2D eigenvalue weighted by Crippen LogP contribution is -2.45. The number of nitrogens with zero attached hydrogens (tertiary/aromatic N) is 5. The molecule has 1 fully saturated rings. The number of rotatable bonds is 8. The van der Waals surface area contributed by atoms with Gasteiger partial charge in [-0.15, -0.1) is 10.2 Å². The third kappa shape index (κ3) is 5.86. The van der Waals surface area contributed by atoms with Crippen molar-refractivity contribution in [3.63, 3.8) is 0 Å². The second-order valence-electron chi connectivity index (χ2n) is 8.74. The summed E-state index contributed by atoms with van der Waals surface area (Å²) in [5, 5.41) is 9.25. The van der Waals surface area contributed by atoms with E-state index in [9.17, 15) is 9.18 Å². The quantitative estimate of drug-likeness (QED) is 0.557. The highest BCUT2D eigenvalue weighted by Gasteiger charge is 2.28. The van der Waals surface area contributed by atoms with Gasteiger partial charge >= 0.3 is 0 Å². The second-order valence-corrected chi connectivity index (χ2v) is 10.0. The van der Waals surface area contributed by atoms with Crippen molar-refractivity contribution in [3.8, 4) is 5.69 Å². The standard InChI is InChI=1S/C23H34FN5OS/c1-16(2)28(17(3)4)22(30)18(5)31-23-26-25-21(15-27-13-7-6-8-14-27)29(23)20-11-9-19(24)10-12-20/h9-12,16-18H,6-8,13-15H2,1-5H3. The molecular formula is C23H34FN5OS. The van der Waals surface area contributed by atoms with Gasteiger partial charge in [-0.25, -0.2) is 4.39 Å². The van der Waals surface area contributed by atoms with Gasteiger partial charge in [-0.3, -0.25) is 14.3 Å². The summed E-state index contributed by atoms with van der Waals surface area (Å²) in [5.74, 6) is 0.623. The van der Waals surface area contributed by atoms with E-state index >= 15 is 0 Å². The Bertz CT molecular complexity index is 853. The Morgan fingerprint density at radius 1 is 1.03 bits per heavy atom. The number of thioether (sulfide) groups is 1. The van der Waals surface area contributed by atoms with Crippen molar-refractivity contribution < 1.29 is 9.18 Å². The fraction of sp³-hybridized carbons (Fsp3) is 0.609. The molecule has 0 bridgehead atoms. The van der Waals surface area contributed by atoms with Crippen LogP contribution >= 0.6 is 11.8 Å². The summed E-state index contributed by atoms with van der Waals surface area (Å²) in [7, 11) is 0. The maximum atomic E-state index is 13.6. The van der Waals surface area contributed by atoms with Crippen LogP contribution in [0.4, 0.5) is 4.39 Å². The van der Waals surface area contributed by atoms with E-state index in [2.05, 4.69) is 15.1 Å². The fourth-order valence-electron chi connectivity index (χ4n) is 4.17. The number of carbonyl (C=O) groups excluding carboxylic acids is 1. The molecule has 1 aromatic heterocycles. The first-order valence-electron chi connectivity index (χ1n) is 11.2. The Balaban J connectivity index is 1.88. The van der Waals surface area contributed by atoms with E-state index in [4.69, 9.17) is 0 Å². The summed E-state index contributed by atoms with van der Waals surface area (Å²) in [6.45, 7) is 12.8. The molecule has 0 N–H and O–H groups in total. The first kappa shape index (κ1) is 23.7. The van der Waals surface area contributed by atoms with Crippen LogP contribution in [0, 0.1) is 5.82 Å². The van der Waals surface area contributed by atoms with Gasteiger partial charge in [0.1, 0.15) is 5.82 Å². The van der Waals surface area contributed by atoms with Crippen LogP contribution in [-0.4, -0.2) is 60.9 Å². The molecule has 1 aliphatic heterocycles. The number of piperidine rings is 1. The zero-order valence-electron chi connectivity index (χ0n) is 19.2. The number of aromatic nitrogens is 3. The summed E-state index contributed by atoms with van der Waals surface area (Å²) >= 11 is 1.41. The monoisotopic (exact) mass is 447 g/mol. The Morgan fingerprint density at radius 3 is 2.23 bits per heavy atom. The number of amides is 1. The molecule has 0 saturated carbocycles. The molecular weight excluding hydrogens is 413 g/mol. The van der Waals surface area contributed by atoms with Crippen molar-refractivity contribution >= 4 is 17.7 Å². The minimum absolute atomic E-state index is 0.0845. The zero-order chi connectivity index (χ0) is 22.5. The first-order chi connectivity index (χ1) is 14.8. The largest absolute Gasteiger partial charge is 0.337 e. The van der Waals surface area contributed by atoms with Crippen LogP contribution in [0.5, 0.6) is 0 Å². The van der Waals surface area contributed by atoms with Crippen molar-refractivity contribution in [3.05, 3.63) is 35.9 Å². The number of hydrogen-bond donors (Lipinski definition) is 0. The molecule has 170 valence electrons. The van der Waals surface area contributed by atoms with E-state index in [0.29, 0.717) is 11.7 Å². The smallest absolute Gasteiger partial charge is 0.236 e. The third-order valence-electron chi connectivity index (χ3n) is 5.60. The molecule has 2 aromatic rings. The molecule has 1 atom stereocenters. The normalized spacial score (nSPS) is 16.1. The van der Waals surface area contributed by atoms with Crippen LogP contribution < -0.4 is 0 Å². The number of benzene rings is 1. The molecule has 1 aliphatic rings. The summed E-state index contributed by atoms with van der Waals surface area (Å²) in [6, 6.07) is 6.62. The fourth-order valence-corrected chi connectivity index (χ4v) is 5.11. The van der Waals surface area contributed by atoms with E-state index in [0.717, 1.165) is 24.6 Å². The predicted molar refractivity (Wildman–Crippen MR) is 123 cm³/mol. The molecule has 0 spiro atoms. The molecule has 1 saturated heterocycles. The summed E-state index contributed by atoms with van der Waals surface area (Å²) < 4.78 is 15.5. The second kappa shape index (κ2) is 10.6. The van der Waals surface area contributed by atoms with Gasteiger partial charge in [0.2, 0.25) is 5.91 Å². The first-order valence-corrected chi connectivity index (χ1v) is 12.1. The number of likely N-dealkylation sites (tertiary alicyclic amines) is 1. The van der Waals surface area contributed by atoms with Gasteiger partial charge in [0.15, 0.2) is 11.0 Å². The van der Waals surface area contributed by atoms with E-state index in [1.807, 2.05) is 44.1 Å². The van der Waals surface area contributed by atoms with E-state index in [-0.39, 0.29) is 29.1 Å². The molecule has 1 aromatic carbocycles. The van der Waals surface area contributed by atoms with Crippen LogP contribution in [0.15, 0.2) is 29.4 Å². The van der Waals surface area contributed by atoms with Crippen LogP contribution in [0.1, 0.15) is 59.7 Å². The van der Waals surface area contributed by atoms with Gasteiger partial charge < -0.3 is 4.90 Å². The van der Waals surface area contributed by atoms with Gasteiger partial charge in [-0.05, 0) is 84.8 Å². The molecule has 31 heavy (non-hydrogen) atoms. The topological polar surface area (TPSA) is 54.3 Å². The predicted octanol–water partition coefficient (Wildman–Crippen LogP) is 4.52. The highest BCUT2D eigenvalue weighted by Crippen LogP contribution is 2.28. The summed E-state index contributed by atoms with van der Waals surface area (Å²) in [6.07, 6.45) is 3.65. The van der Waals surface area contributed by atoms with Gasteiger partial charge in [0.25, 0.3) is 0 Å². The SMILES string of the molecule is CC(Sc1nnc(CN2CCCCC2)n1-c1ccc(F)cc1)C(=O)N(C(C)C)C(C)C. The Morgan fingerprint density at radius 2 is 1.65 bits per heavy atom. The number of carbonyl (C=O) groups is 1. The molecule has 0 aliphatic carbocycles. The lowest BCUT2D eigenvalue weighted by atomic mass is 10.1. The van der Waals surface area contributed by atoms with Crippen molar-refractivity contribution in [1.29, 1.82) is 0 Å². The van der Waals surface area contributed by atoms with Gasteiger partial charge in [-0.1, -0.05) is 18.2 Å². The van der Waals surface area contributed by atoms with Gasteiger partial charge in [0.05, 0.1) is 11.8 Å². The van der Waals surface area contributed by atoms with Crippen LogP contribution in [-0.2, 0) is 11.3 Å². The Hall–Kier alpha value is -1.93. The Kier molecular flexibility index (Phi) is 8.11. The average molecular weight is 448 g/mol. The lowest BCUT2D eigenvalue weighted by Gasteiger charge is -2.32. The molecule has 1 unspecified atom stereocenters. The highest BCUT2D eigenvalue weighted by atomic mass is 32.2. The average Bonchev–Trinajstić information content (AvgIpc) is 3.10. The van der Waals surface area contributed by atoms with Crippen LogP contribution in [0.25, 0.3) is 5.69 Å². The van der Waals surface area contributed by atoms with E-state index in [1.165, 1.54) is 43.2 Å². The van der Waals surface area contributed by atoms with Crippen LogP contribution in [0.2, 0.25) is 0 Å². The summed E-state index contributed by atoms with van der Waals surface area (Å²) in [5.41, 5.74) is 0.810. The lowest BCUT2D eigenvalue weighted by molar-refractivity contribution is -0.133. The van der Waals surface area contributed by atoms with E-state index < -0.39 is 0 Å². The van der Waals surface area contributed by atoms with Gasteiger partial charge in [-0.2, -0.15) is 0 Å². The minimum atomic E-state index is -0.309. The van der Waals surface area contributed by atoms with Crippen molar-refractivity contribution in [2.24, 2.45) is 0 Å². The Labute approximate surface area is 189 Å². The van der Waals surface area contributed by atoms with Crippen LogP contribution in [0.3, 0.4) is 0 Å². The minimum Gasteiger partial charge on any atom is -0.337 e. The highest BCUT2D eigenvalue weighted by molar-refractivity contribution is 8.00. The third-order valence-corrected chi connectivity index (χ3v) is 6.63. The maximum absolute atomic E-state index is 13.6. The summed E-state index contributed by atoms with van der Waals surface area (Å²) in [4.78, 5) is 17.4. The molecule has 3 rings (SSSR count). The molecule has 6 nitrogen and oxygen atoms in total. The van der Waals surface area contributed by atoms with Crippen molar-refractivity contribution in [2.75, 3.05) is 13.1 Å². The van der Waals surface area contributed by atoms with Crippen molar-refractivity contribution in [1.82, 2.24) is 24.6 Å². The number of halogens is 1. The number of hydrogen-bond acceptors (Lipinski definition) is 5. The zero-order valence-corrected chi connectivity index (χ0v) is 20.0. The molecule has 0 radical (unpaired) electrons. The molecule has 1 amide bonds. The van der Waals surface area contributed by atoms with E-state index in [1.54, 1.807) is 12.1 Å². The molecule has 8 heteroatoms. The van der Waals surface area contributed by atoms with Crippen molar-refractivity contribution in [2.45, 2.75) is 82.9 Å². The maximum Gasteiger partial charge on any atom is 0.236 e. The molecule has 2 heterocycles.